The molecule has 3 amide bonds. The lowest BCUT2D eigenvalue weighted by Crippen LogP contribution is -2.51. The summed E-state index contributed by atoms with van der Waals surface area (Å²) in [6, 6.07) is 13.2. The second-order valence-electron chi connectivity index (χ2n) is 7.55. The van der Waals surface area contributed by atoms with Crippen molar-refractivity contribution >= 4 is 33.7 Å². The van der Waals surface area contributed by atoms with Crippen molar-refractivity contribution in [3.63, 3.8) is 0 Å². The molecule has 0 atom stereocenters. The summed E-state index contributed by atoms with van der Waals surface area (Å²) in [6.07, 6.45) is 2.95. The number of hydrogen-bond donors (Lipinski definition) is 1. The van der Waals surface area contributed by atoms with E-state index in [1.165, 1.54) is 4.90 Å². The third kappa shape index (κ3) is 3.26. The maximum atomic E-state index is 12.6. The lowest BCUT2D eigenvalue weighted by molar-refractivity contribution is -0.124. The number of amides is 3. The van der Waals surface area contributed by atoms with Gasteiger partial charge in [-0.3, -0.25) is 19.3 Å². The summed E-state index contributed by atoms with van der Waals surface area (Å²) in [5.74, 6) is -0.780. The minimum absolute atomic E-state index is 0.0909. The van der Waals surface area contributed by atoms with E-state index >= 15 is 0 Å². The molecule has 0 aromatic heterocycles. The zero-order valence-electron chi connectivity index (χ0n) is 15.6. The predicted octanol–water partition coefficient (Wildman–Crippen LogP) is 3.94. The molecule has 2 aliphatic rings. The quantitative estimate of drug-likeness (QED) is 0.715. The van der Waals surface area contributed by atoms with E-state index in [0.717, 1.165) is 34.9 Å². The van der Waals surface area contributed by atoms with E-state index in [0.29, 0.717) is 11.1 Å². The lowest BCUT2D eigenvalue weighted by Gasteiger charge is -2.43. The molecule has 2 aromatic carbocycles. The van der Waals surface area contributed by atoms with Crippen LogP contribution in [0.5, 0.6) is 0 Å². The molecule has 2 aromatic rings. The van der Waals surface area contributed by atoms with Gasteiger partial charge in [0.1, 0.15) is 0 Å². The second-order valence-corrected chi connectivity index (χ2v) is 8.47. The molecule has 4 rings (SSSR count). The van der Waals surface area contributed by atoms with E-state index < -0.39 is 0 Å². The fourth-order valence-electron chi connectivity index (χ4n) is 3.94. The van der Waals surface area contributed by atoms with Crippen molar-refractivity contribution in [2.75, 3.05) is 6.54 Å². The van der Waals surface area contributed by atoms with Crippen molar-refractivity contribution in [3.05, 3.63) is 69.2 Å². The van der Waals surface area contributed by atoms with Crippen LogP contribution in [0.25, 0.3) is 0 Å². The Morgan fingerprint density at radius 1 is 1.07 bits per heavy atom. The SMILES string of the molecule is Cc1ccc2c(c1)C(=O)N(CCC(=O)NC1(c3ccc(Br)cc3)CCC1)C2=O. The van der Waals surface area contributed by atoms with E-state index in [1.807, 2.05) is 37.3 Å². The molecule has 1 fully saturated rings. The molecule has 144 valence electrons. The van der Waals surface area contributed by atoms with Gasteiger partial charge in [-0.25, -0.2) is 0 Å². The molecule has 0 bridgehead atoms. The fraction of sp³-hybridized carbons (Fsp3) is 0.318. The number of aryl methyl sites for hydroxylation is 1. The summed E-state index contributed by atoms with van der Waals surface area (Å²) in [4.78, 5) is 38.8. The molecule has 1 saturated carbocycles. The number of hydrogen-bond acceptors (Lipinski definition) is 3. The van der Waals surface area contributed by atoms with Gasteiger partial charge in [-0.2, -0.15) is 0 Å². The van der Waals surface area contributed by atoms with E-state index in [9.17, 15) is 14.4 Å². The normalized spacial score (nSPS) is 17.3. The molecule has 0 radical (unpaired) electrons. The van der Waals surface area contributed by atoms with Crippen LogP contribution in [0, 0.1) is 6.92 Å². The van der Waals surface area contributed by atoms with Crippen molar-refractivity contribution in [1.82, 2.24) is 10.2 Å². The van der Waals surface area contributed by atoms with Crippen LogP contribution in [0.4, 0.5) is 0 Å². The predicted molar refractivity (Wildman–Crippen MR) is 109 cm³/mol. The van der Waals surface area contributed by atoms with Crippen molar-refractivity contribution in [1.29, 1.82) is 0 Å². The first-order valence-corrected chi connectivity index (χ1v) is 10.2. The highest BCUT2D eigenvalue weighted by molar-refractivity contribution is 9.10. The summed E-state index contributed by atoms with van der Waals surface area (Å²) < 4.78 is 0.998. The summed E-state index contributed by atoms with van der Waals surface area (Å²) in [5, 5.41) is 3.15. The molecular formula is C22H21BrN2O3. The maximum absolute atomic E-state index is 12.6. The Morgan fingerprint density at radius 3 is 2.39 bits per heavy atom. The second kappa shape index (κ2) is 7.17. The minimum atomic E-state index is -0.336. The monoisotopic (exact) mass is 440 g/mol. The van der Waals surface area contributed by atoms with Gasteiger partial charge in [-0.05, 0) is 56.0 Å². The maximum Gasteiger partial charge on any atom is 0.261 e. The van der Waals surface area contributed by atoms with Gasteiger partial charge in [0.15, 0.2) is 0 Å². The van der Waals surface area contributed by atoms with E-state index in [2.05, 4.69) is 21.2 Å². The third-order valence-electron chi connectivity index (χ3n) is 5.67. The van der Waals surface area contributed by atoms with Crippen molar-refractivity contribution < 1.29 is 14.4 Å². The number of carbonyl (C=O) groups is 3. The van der Waals surface area contributed by atoms with Crippen LogP contribution >= 0.6 is 15.9 Å². The molecule has 0 saturated heterocycles. The Balaban J connectivity index is 1.42. The average Bonchev–Trinajstić information content (AvgIpc) is 2.87. The molecular weight excluding hydrogens is 420 g/mol. The van der Waals surface area contributed by atoms with Crippen molar-refractivity contribution in [2.45, 2.75) is 38.1 Å². The number of carbonyl (C=O) groups excluding carboxylic acids is 3. The Labute approximate surface area is 172 Å². The zero-order valence-corrected chi connectivity index (χ0v) is 17.2. The van der Waals surface area contributed by atoms with E-state index in [1.54, 1.807) is 12.1 Å². The molecule has 28 heavy (non-hydrogen) atoms. The zero-order chi connectivity index (χ0) is 19.9. The molecule has 5 nitrogen and oxygen atoms in total. The van der Waals surface area contributed by atoms with Crippen LogP contribution in [0.2, 0.25) is 0 Å². The highest BCUT2D eigenvalue weighted by Crippen LogP contribution is 2.41. The van der Waals surface area contributed by atoms with Crippen LogP contribution in [0.15, 0.2) is 46.9 Å². The first kappa shape index (κ1) is 18.9. The Morgan fingerprint density at radius 2 is 1.75 bits per heavy atom. The Kier molecular flexibility index (Phi) is 4.83. The Hall–Kier alpha value is -2.47. The average molecular weight is 441 g/mol. The van der Waals surface area contributed by atoms with Crippen LogP contribution in [-0.2, 0) is 10.3 Å². The first-order chi connectivity index (χ1) is 13.4. The van der Waals surface area contributed by atoms with Gasteiger partial charge in [0, 0.05) is 17.4 Å². The summed E-state index contributed by atoms with van der Waals surface area (Å²) >= 11 is 3.44. The number of nitrogens with one attached hydrogen (secondary N) is 1. The number of nitrogens with zero attached hydrogens (tertiary/aromatic N) is 1. The van der Waals surface area contributed by atoms with Gasteiger partial charge >= 0.3 is 0 Å². The molecule has 0 spiro atoms. The number of benzene rings is 2. The van der Waals surface area contributed by atoms with Gasteiger partial charge in [0.05, 0.1) is 16.7 Å². The summed E-state index contributed by atoms with van der Waals surface area (Å²) in [5.41, 5.74) is 2.53. The Bertz CT molecular complexity index is 964. The number of fused-ring (bicyclic) bond motifs is 1. The van der Waals surface area contributed by atoms with Gasteiger partial charge in [-0.15, -0.1) is 0 Å². The summed E-state index contributed by atoms with van der Waals surface area (Å²) in [7, 11) is 0. The van der Waals surface area contributed by atoms with Gasteiger partial charge in [0.25, 0.3) is 11.8 Å². The molecule has 1 aliphatic carbocycles. The minimum Gasteiger partial charge on any atom is -0.347 e. The molecule has 1 aliphatic heterocycles. The van der Waals surface area contributed by atoms with Crippen molar-refractivity contribution in [2.24, 2.45) is 0 Å². The smallest absolute Gasteiger partial charge is 0.261 e. The van der Waals surface area contributed by atoms with Gasteiger partial charge in [0.2, 0.25) is 5.91 Å². The molecule has 6 heteroatoms. The van der Waals surface area contributed by atoms with Crippen LogP contribution < -0.4 is 5.32 Å². The van der Waals surface area contributed by atoms with Crippen LogP contribution in [0.3, 0.4) is 0 Å². The summed E-state index contributed by atoms with van der Waals surface area (Å²) in [6.45, 7) is 1.97. The van der Waals surface area contributed by atoms with Gasteiger partial charge < -0.3 is 5.32 Å². The molecule has 1 heterocycles. The number of halogens is 1. The highest BCUT2D eigenvalue weighted by Gasteiger charge is 2.40. The number of imide groups is 1. The lowest BCUT2D eigenvalue weighted by atomic mass is 9.71. The topological polar surface area (TPSA) is 66.5 Å². The van der Waals surface area contributed by atoms with Crippen molar-refractivity contribution in [3.8, 4) is 0 Å². The molecule has 0 unspecified atom stereocenters. The fourth-order valence-corrected chi connectivity index (χ4v) is 4.20. The standard InChI is InChI=1S/C22H21BrN2O3/c1-14-3-8-17-18(13-14)21(28)25(20(17)27)12-9-19(26)24-22(10-2-11-22)15-4-6-16(23)7-5-15/h3-8,13H,2,9-12H2,1H3,(H,24,26). The van der Waals surface area contributed by atoms with E-state index in [4.69, 9.17) is 0 Å². The first-order valence-electron chi connectivity index (χ1n) is 9.43. The van der Waals surface area contributed by atoms with Crippen LogP contribution in [0.1, 0.15) is 57.5 Å². The molecule has 1 N–H and O–H groups in total. The third-order valence-corrected chi connectivity index (χ3v) is 6.20. The largest absolute Gasteiger partial charge is 0.347 e. The van der Waals surface area contributed by atoms with Gasteiger partial charge in [-0.1, -0.05) is 39.7 Å². The van der Waals surface area contributed by atoms with Crippen LogP contribution in [-0.4, -0.2) is 29.2 Å². The number of rotatable bonds is 5. The highest BCUT2D eigenvalue weighted by atomic mass is 79.9. The van der Waals surface area contributed by atoms with E-state index in [-0.39, 0.29) is 36.2 Å².